The number of alkyl halides is 3. The summed E-state index contributed by atoms with van der Waals surface area (Å²) in [4.78, 5) is 4.15. The molecule has 1 aromatic heterocycles. The molecule has 0 saturated carbocycles. The lowest BCUT2D eigenvalue weighted by atomic mass is 10.1. The lowest BCUT2D eigenvalue weighted by molar-refractivity contribution is -0.158. The van der Waals surface area contributed by atoms with E-state index in [0.29, 0.717) is 5.01 Å². The zero-order valence-electron chi connectivity index (χ0n) is 10.2. The molecule has 0 spiro atoms. The number of halogens is 3. The summed E-state index contributed by atoms with van der Waals surface area (Å²) in [5, 5.41) is 5.01. The van der Waals surface area contributed by atoms with E-state index in [4.69, 9.17) is 0 Å². The normalized spacial score (nSPS) is 13.5. The van der Waals surface area contributed by atoms with Gasteiger partial charge in [-0.25, -0.2) is 4.98 Å². The molecule has 102 valence electrons. The molecule has 0 saturated heterocycles. The van der Waals surface area contributed by atoms with Crippen LogP contribution >= 0.6 is 11.3 Å². The molecule has 2 nitrogen and oxygen atoms in total. The number of aryl methyl sites for hydroxylation is 1. The number of hydrogen-bond acceptors (Lipinski definition) is 3. The van der Waals surface area contributed by atoms with Gasteiger partial charge in [-0.3, -0.25) is 5.32 Å². The van der Waals surface area contributed by atoms with Crippen LogP contribution in [0.25, 0.3) is 0 Å². The Morgan fingerprint density at radius 2 is 1.95 bits per heavy atom. The summed E-state index contributed by atoms with van der Waals surface area (Å²) in [6, 6.07) is 6.17. The largest absolute Gasteiger partial charge is 0.407 e. The average Bonchev–Trinajstić information content (AvgIpc) is 2.75. The molecule has 0 fully saturated rings. The number of aromatic nitrogens is 1. The monoisotopic (exact) mass is 286 g/mol. The molecule has 0 aliphatic carbocycles. The predicted molar refractivity (Wildman–Crippen MR) is 68.9 cm³/mol. The Hall–Kier alpha value is -1.40. The van der Waals surface area contributed by atoms with E-state index in [-0.39, 0.29) is 12.1 Å². The highest BCUT2D eigenvalue weighted by Crippen LogP contribution is 2.32. The molecule has 2 rings (SSSR count). The SMILES string of the molecule is Cc1csc(CNC(c2ccccc2)C(F)(F)F)n1. The number of nitrogens with zero attached hydrogens (tertiary/aromatic N) is 1. The minimum atomic E-state index is -4.33. The van der Waals surface area contributed by atoms with Crippen LogP contribution < -0.4 is 5.32 Å². The van der Waals surface area contributed by atoms with Gasteiger partial charge in [0.1, 0.15) is 11.0 Å². The molecular formula is C13H13F3N2S. The minimum Gasteiger partial charge on any atom is -0.296 e. The molecule has 19 heavy (non-hydrogen) atoms. The van der Waals surface area contributed by atoms with E-state index < -0.39 is 12.2 Å². The van der Waals surface area contributed by atoms with Crippen LogP contribution in [0, 0.1) is 6.92 Å². The Labute approximate surface area is 113 Å². The molecule has 0 aliphatic heterocycles. The first kappa shape index (κ1) is 14.0. The summed E-state index contributed by atoms with van der Waals surface area (Å²) >= 11 is 1.36. The van der Waals surface area contributed by atoms with Gasteiger partial charge in [0.2, 0.25) is 0 Å². The fourth-order valence-corrected chi connectivity index (χ4v) is 2.46. The zero-order chi connectivity index (χ0) is 13.9. The molecular weight excluding hydrogens is 273 g/mol. The Bertz CT molecular complexity index is 522. The van der Waals surface area contributed by atoms with Gasteiger partial charge >= 0.3 is 6.18 Å². The zero-order valence-corrected chi connectivity index (χ0v) is 11.1. The highest BCUT2D eigenvalue weighted by atomic mass is 32.1. The first-order valence-electron chi connectivity index (χ1n) is 5.73. The third-order valence-corrected chi connectivity index (χ3v) is 3.55. The number of rotatable bonds is 4. The van der Waals surface area contributed by atoms with Gasteiger partial charge in [0.15, 0.2) is 0 Å². The summed E-state index contributed by atoms with van der Waals surface area (Å²) in [5.41, 5.74) is 1.04. The molecule has 1 atom stereocenters. The molecule has 0 aliphatic rings. The van der Waals surface area contributed by atoms with E-state index in [9.17, 15) is 13.2 Å². The van der Waals surface area contributed by atoms with Crippen molar-refractivity contribution < 1.29 is 13.2 Å². The second kappa shape index (κ2) is 5.71. The topological polar surface area (TPSA) is 24.9 Å². The quantitative estimate of drug-likeness (QED) is 0.923. The van der Waals surface area contributed by atoms with Crippen LogP contribution in [-0.4, -0.2) is 11.2 Å². The first-order chi connectivity index (χ1) is 8.97. The number of benzene rings is 1. The Morgan fingerprint density at radius 1 is 1.26 bits per heavy atom. The van der Waals surface area contributed by atoms with Gasteiger partial charge in [0.05, 0.1) is 0 Å². The van der Waals surface area contributed by atoms with Crippen molar-refractivity contribution in [2.45, 2.75) is 25.7 Å². The van der Waals surface area contributed by atoms with E-state index in [0.717, 1.165) is 5.69 Å². The lowest BCUT2D eigenvalue weighted by Crippen LogP contribution is -2.33. The van der Waals surface area contributed by atoms with E-state index in [2.05, 4.69) is 10.3 Å². The van der Waals surface area contributed by atoms with Crippen LogP contribution in [0.4, 0.5) is 13.2 Å². The van der Waals surface area contributed by atoms with Crippen molar-refractivity contribution in [3.05, 3.63) is 52.0 Å². The number of thiazole rings is 1. The predicted octanol–water partition coefficient (Wildman–Crippen LogP) is 3.84. The summed E-state index contributed by atoms with van der Waals surface area (Å²) in [7, 11) is 0. The second-order valence-corrected chi connectivity index (χ2v) is 5.09. The van der Waals surface area contributed by atoms with Crippen LogP contribution in [-0.2, 0) is 6.54 Å². The average molecular weight is 286 g/mol. The van der Waals surface area contributed by atoms with Crippen LogP contribution in [0.3, 0.4) is 0 Å². The van der Waals surface area contributed by atoms with E-state index in [1.165, 1.54) is 23.5 Å². The molecule has 1 unspecified atom stereocenters. The van der Waals surface area contributed by atoms with Crippen molar-refractivity contribution in [1.82, 2.24) is 10.3 Å². The van der Waals surface area contributed by atoms with Crippen molar-refractivity contribution in [3.63, 3.8) is 0 Å². The van der Waals surface area contributed by atoms with E-state index >= 15 is 0 Å². The second-order valence-electron chi connectivity index (χ2n) is 4.15. The maximum absolute atomic E-state index is 13.0. The molecule has 1 heterocycles. The van der Waals surface area contributed by atoms with Crippen molar-refractivity contribution in [1.29, 1.82) is 0 Å². The third kappa shape index (κ3) is 3.78. The molecule has 1 N–H and O–H groups in total. The fraction of sp³-hybridized carbons (Fsp3) is 0.308. The summed E-state index contributed by atoms with van der Waals surface area (Å²) in [6.45, 7) is 1.93. The van der Waals surface area contributed by atoms with Crippen molar-refractivity contribution in [2.24, 2.45) is 0 Å². The minimum absolute atomic E-state index is 0.109. The Balaban J connectivity index is 2.11. The van der Waals surface area contributed by atoms with Crippen LogP contribution in [0.5, 0.6) is 0 Å². The highest BCUT2D eigenvalue weighted by Gasteiger charge is 2.40. The summed E-state index contributed by atoms with van der Waals surface area (Å²) in [5.74, 6) is 0. The van der Waals surface area contributed by atoms with E-state index in [1.54, 1.807) is 18.2 Å². The van der Waals surface area contributed by atoms with Gasteiger partial charge in [0.25, 0.3) is 0 Å². The van der Waals surface area contributed by atoms with Crippen LogP contribution in [0.2, 0.25) is 0 Å². The van der Waals surface area contributed by atoms with Gasteiger partial charge < -0.3 is 0 Å². The van der Waals surface area contributed by atoms with Gasteiger partial charge in [-0.15, -0.1) is 11.3 Å². The molecule has 0 amide bonds. The van der Waals surface area contributed by atoms with Crippen LogP contribution in [0.15, 0.2) is 35.7 Å². The van der Waals surface area contributed by atoms with Crippen molar-refractivity contribution >= 4 is 11.3 Å². The number of nitrogens with one attached hydrogen (secondary N) is 1. The maximum atomic E-state index is 13.0. The third-order valence-electron chi connectivity index (χ3n) is 2.58. The van der Waals surface area contributed by atoms with Gasteiger partial charge in [-0.2, -0.15) is 13.2 Å². The van der Waals surface area contributed by atoms with Gasteiger partial charge in [-0.05, 0) is 12.5 Å². The summed E-state index contributed by atoms with van der Waals surface area (Å²) in [6.07, 6.45) is -4.33. The smallest absolute Gasteiger partial charge is 0.296 e. The lowest BCUT2D eigenvalue weighted by Gasteiger charge is -2.21. The van der Waals surface area contributed by atoms with E-state index in [1.807, 2.05) is 12.3 Å². The molecule has 1 aromatic carbocycles. The fourth-order valence-electron chi connectivity index (χ4n) is 1.74. The maximum Gasteiger partial charge on any atom is 0.407 e. The molecule has 0 radical (unpaired) electrons. The summed E-state index contributed by atoms with van der Waals surface area (Å²) < 4.78 is 39.1. The first-order valence-corrected chi connectivity index (χ1v) is 6.61. The van der Waals surface area contributed by atoms with Gasteiger partial charge in [-0.1, -0.05) is 30.3 Å². The highest BCUT2D eigenvalue weighted by molar-refractivity contribution is 7.09. The molecule has 2 aromatic rings. The molecule has 6 heteroatoms. The molecule has 0 bridgehead atoms. The van der Waals surface area contributed by atoms with Crippen molar-refractivity contribution in [3.8, 4) is 0 Å². The Morgan fingerprint density at radius 3 is 2.47 bits per heavy atom. The van der Waals surface area contributed by atoms with Crippen LogP contribution in [0.1, 0.15) is 22.3 Å². The Kier molecular flexibility index (Phi) is 4.21. The van der Waals surface area contributed by atoms with Gasteiger partial charge in [0, 0.05) is 17.6 Å². The van der Waals surface area contributed by atoms with Crippen molar-refractivity contribution in [2.75, 3.05) is 0 Å². The standard InChI is InChI=1S/C13H13F3N2S/c1-9-8-19-11(18-9)7-17-12(13(14,15)16)10-5-3-2-4-6-10/h2-6,8,12,17H,7H2,1H3. The number of hydrogen-bond donors (Lipinski definition) is 1.